The van der Waals surface area contributed by atoms with Crippen LogP contribution in [0.15, 0.2) is 0 Å². The third kappa shape index (κ3) is 4.48. The second kappa shape index (κ2) is 4.81. The number of hydrogen-bond acceptors (Lipinski definition) is 4. The first-order valence-corrected chi connectivity index (χ1v) is 5.25. The number of aliphatic hydroxyl groups is 1. The molecule has 1 aliphatic heterocycles. The summed E-state index contributed by atoms with van der Waals surface area (Å²) >= 11 is 0. The summed E-state index contributed by atoms with van der Waals surface area (Å²) in [5.41, 5.74) is -0.484. The molecule has 1 aliphatic rings. The summed E-state index contributed by atoms with van der Waals surface area (Å²) in [6.45, 7) is 7.62. The number of ether oxygens (including phenoxy) is 1. The minimum absolute atomic E-state index is 0.335. The van der Waals surface area contributed by atoms with Crippen LogP contribution in [0.3, 0.4) is 0 Å². The number of hydrogen-bond donors (Lipinski definition) is 2. The van der Waals surface area contributed by atoms with Gasteiger partial charge in [-0.3, -0.25) is 0 Å². The van der Waals surface area contributed by atoms with Crippen molar-refractivity contribution in [2.45, 2.75) is 32.5 Å². The highest BCUT2D eigenvalue weighted by Crippen LogP contribution is 2.10. The van der Waals surface area contributed by atoms with Crippen molar-refractivity contribution < 1.29 is 14.6 Å². The third-order valence-electron chi connectivity index (χ3n) is 2.02. The molecule has 88 valence electrons. The molecule has 1 amide bonds. The molecule has 0 radical (unpaired) electrons. The smallest absolute Gasteiger partial charge is 0.410 e. The minimum Gasteiger partial charge on any atom is -0.444 e. The van der Waals surface area contributed by atoms with Crippen LogP contribution in [-0.2, 0) is 4.74 Å². The monoisotopic (exact) mass is 216 g/mol. The van der Waals surface area contributed by atoms with Gasteiger partial charge < -0.3 is 20.1 Å². The molecule has 0 bridgehead atoms. The van der Waals surface area contributed by atoms with E-state index in [-0.39, 0.29) is 6.09 Å². The van der Waals surface area contributed by atoms with E-state index < -0.39 is 11.7 Å². The molecular formula is C10H20N2O3. The highest BCUT2D eigenvalue weighted by Gasteiger charge is 2.25. The lowest BCUT2D eigenvalue weighted by atomic mass is 10.2. The molecule has 1 fully saturated rings. The number of β-amino-alcohol motifs (C(OH)–C–C–N with tert-alkyl or cyclic N) is 1. The number of rotatable bonds is 0. The largest absolute Gasteiger partial charge is 0.444 e. The van der Waals surface area contributed by atoms with Crippen LogP contribution in [0.2, 0.25) is 0 Å². The van der Waals surface area contributed by atoms with Gasteiger partial charge in [0.2, 0.25) is 0 Å². The van der Waals surface area contributed by atoms with Gasteiger partial charge in [0.15, 0.2) is 0 Å². The van der Waals surface area contributed by atoms with Crippen LogP contribution in [0.5, 0.6) is 0 Å². The van der Waals surface area contributed by atoms with Crippen molar-refractivity contribution >= 4 is 6.09 Å². The normalized spacial score (nSPS) is 23.5. The number of carbonyl (C=O) groups is 1. The van der Waals surface area contributed by atoms with E-state index in [4.69, 9.17) is 4.74 Å². The maximum Gasteiger partial charge on any atom is 0.410 e. The second-order valence-corrected chi connectivity index (χ2v) is 4.78. The van der Waals surface area contributed by atoms with Gasteiger partial charge in [-0.25, -0.2) is 4.79 Å². The lowest BCUT2D eigenvalue weighted by Crippen LogP contribution is -2.41. The molecule has 0 aromatic carbocycles. The van der Waals surface area contributed by atoms with Crippen molar-refractivity contribution in [2.75, 3.05) is 26.2 Å². The SMILES string of the molecule is CC(C)(C)OC(=O)N1CCNCC(O)C1. The molecule has 1 unspecified atom stereocenters. The van der Waals surface area contributed by atoms with E-state index in [2.05, 4.69) is 5.32 Å². The van der Waals surface area contributed by atoms with Gasteiger partial charge in [-0.2, -0.15) is 0 Å². The third-order valence-corrected chi connectivity index (χ3v) is 2.02. The first-order chi connectivity index (χ1) is 6.88. The summed E-state index contributed by atoms with van der Waals surface area (Å²) in [6.07, 6.45) is -0.870. The highest BCUT2D eigenvalue weighted by molar-refractivity contribution is 5.68. The topological polar surface area (TPSA) is 61.8 Å². The van der Waals surface area contributed by atoms with Crippen molar-refractivity contribution in [3.63, 3.8) is 0 Å². The Hall–Kier alpha value is -0.810. The molecule has 5 heteroatoms. The molecular weight excluding hydrogens is 196 g/mol. The zero-order valence-corrected chi connectivity index (χ0v) is 9.62. The van der Waals surface area contributed by atoms with Gasteiger partial charge >= 0.3 is 6.09 Å². The van der Waals surface area contributed by atoms with Crippen molar-refractivity contribution in [3.8, 4) is 0 Å². The number of amides is 1. The maximum absolute atomic E-state index is 11.7. The highest BCUT2D eigenvalue weighted by atomic mass is 16.6. The first kappa shape index (κ1) is 12.3. The summed E-state index contributed by atoms with van der Waals surface area (Å²) < 4.78 is 5.23. The van der Waals surface area contributed by atoms with Crippen LogP contribution in [-0.4, -0.2) is 54.0 Å². The van der Waals surface area contributed by atoms with Gasteiger partial charge in [0.1, 0.15) is 5.60 Å². The van der Waals surface area contributed by atoms with E-state index in [0.29, 0.717) is 26.2 Å². The molecule has 1 atom stereocenters. The van der Waals surface area contributed by atoms with Gasteiger partial charge in [-0.05, 0) is 20.8 Å². The van der Waals surface area contributed by atoms with E-state index >= 15 is 0 Å². The van der Waals surface area contributed by atoms with Crippen molar-refractivity contribution in [1.82, 2.24) is 10.2 Å². The van der Waals surface area contributed by atoms with Crippen molar-refractivity contribution in [2.24, 2.45) is 0 Å². The Morgan fingerprint density at radius 1 is 1.53 bits per heavy atom. The fourth-order valence-corrected chi connectivity index (χ4v) is 1.39. The number of nitrogens with zero attached hydrogens (tertiary/aromatic N) is 1. The lowest BCUT2D eigenvalue weighted by Gasteiger charge is -2.26. The van der Waals surface area contributed by atoms with Gasteiger partial charge in [0.05, 0.1) is 12.6 Å². The average Bonchev–Trinajstić information content (AvgIpc) is 2.26. The van der Waals surface area contributed by atoms with Crippen LogP contribution < -0.4 is 5.32 Å². The molecule has 0 aromatic heterocycles. The summed E-state index contributed by atoms with van der Waals surface area (Å²) in [7, 11) is 0. The average molecular weight is 216 g/mol. The van der Waals surface area contributed by atoms with E-state index in [1.165, 1.54) is 4.90 Å². The fraction of sp³-hybridized carbons (Fsp3) is 0.900. The standard InChI is InChI=1S/C10H20N2O3/c1-10(2,3)15-9(14)12-5-4-11-6-8(13)7-12/h8,11,13H,4-7H2,1-3H3. The number of aliphatic hydroxyl groups excluding tert-OH is 1. The second-order valence-electron chi connectivity index (χ2n) is 4.78. The number of carbonyl (C=O) groups excluding carboxylic acids is 1. The Morgan fingerprint density at radius 3 is 2.80 bits per heavy atom. The van der Waals surface area contributed by atoms with Crippen LogP contribution >= 0.6 is 0 Å². The Balaban J connectivity index is 2.50. The zero-order valence-electron chi connectivity index (χ0n) is 9.62. The molecule has 0 spiro atoms. The molecule has 0 saturated carbocycles. The Kier molecular flexibility index (Phi) is 3.93. The quantitative estimate of drug-likeness (QED) is 0.606. The van der Waals surface area contributed by atoms with Gasteiger partial charge in [-0.15, -0.1) is 0 Å². The van der Waals surface area contributed by atoms with Crippen LogP contribution in [0, 0.1) is 0 Å². The Labute approximate surface area is 90.4 Å². The minimum atomic E-state index is -0.514. The number of nitrogens with one attached hydrogen (secondary N) is 1. The van der Waals surface area contributed by atoms with Crippen LogP contribution in [0.1, 0.15) is 20.8 Å². The Morgan fingerprint density at radius 2 is 2.20 bits per heavy atom. The van der Waals surface area contributed by atoms with Crippen LogP contribution in [0.4, 0.5) is 4.79 Å². The fourth-order valence-electron chi connectivity index (χ4n) is 1.39. The molecule has 15 heavy (non-hydrogen) atoms. The van der Waals surface area contributed by atoms with E-state index in [0.717, 1.165) is 0 Å². The summed E-state index contributed by atoms with van der Waals surface area (Å²) in [5, 5.41) is 12.5. The molecule has 1 rings (SSSR count). The van der Waals surface area contributed by atoms with Gasteiger partial charge in [0.25, 0.3) is 0 Å². The first-order valence-electron chi connectivity index (χ1n) is 5.25. The summed E-state index contributed by atoms with van der Waals surface area (Å²) in [5.74, 6) is 0. The summed E-state index contributed by atoms with van der Waals surface area (Å²) in [6, 6.07) is 0. The maximum atomic E-state index is 11.7. The Bertz CT molecular complexity index is 225. The van der Waals surface area contributed by atoms with Gasteiger partial charge in [-0.1, -0.05) is 0 Å². The summed E-state index contributed by atoms with van der Waals surface area (Å²) in [4.78, 5) is 13.2. The van der Waals surface area contributed by atoms with Crippen molar-refractivity contribution in [3.05, 3.63) is 0 Å². The molecule has 2 N–H and O–H groups in total. The molecule has 1 saturated heterocycles. The molecule has 0 aromatic rings. The van der Waals surface area contributed by atoms with Crippen molar-refractivity contribution in [1.29, 1.82) is 0 Å². The van der Waals surface area contributed by atoms with Crippen LogP contribution in [0.25, 0.3) is 0 Å². The van der Waals surface area contributed by atoms with E-state index in [1.807, 2.05) is 20.8 Å². The zero-order chi connectivity index (χ0) is 11.5. The van der Waals surface area contributed by atoms with Gasteiger partial charge in [0, 0.05) is 19.6 Å². The molecule has 1 heterocycles. The molecule has 0 aliphatic carbocycles. The predicted octanol–water partition coefficient (Wildman–Crippen LogP) is 0.188. The lowest BCUT2D eigenvalue weighted by molar-refractivity contribution is 0.0186. The molecule has 5 nitrogen and oxygen atoms in total. The van der Waals surface area contributed by atoms with E-state index in [9.17, 15) is 9.90 Å². The van der Waals surface area contributed by atoms with E-state index in [1.54, 1.807) is 0 Å². The predicted molar refractivity (Wildman–Crippen MR) is 56.7 cm³/mol.